The van der Waals surface area contributed by atoms with E-state index in [2.05, 4.69) is 21.0 Å². The first-order chi connectivity index (χ1) is 15.8. The molecular weight excluding hydrogens is 400 g/mol. The Balaban J connectivity index is 2.00. The number of hydrogen-bond acceptors (Lipinski definition) is 6. The van der Waals surface area contributed by atoms with Crippen LogP contribution in [0, 0.1) is 0 Å². The van der Waals surface area contributed by atoms with Gasteiger partial charge in [-0.15, -0.1) is 0 Å². The molecule has 5 aromatic rings. The van der Waals surface area contributed by atoms with Crippen molar-refractivity contribution < 1.29 is 9.47 Å². The fourth-order valence-electron chi connectivity index (χ4n) is 3.96. The van der Waals surface area contributed by atoms with Crippen LogP contribution in [0.25, 0.3) is 44.4 Å². The molecule has 4 heterocycles. The Kier molecular flexibility index (Phi) is 5.17. The van der Waals surface area contributed by atoms with Gasteiger partial charge in [-0.2, -0.15) is 0 Å². The molecule has 1 aromatic carbocycles. The molecule has 0 unspecified atom stereocenters. The minimum absolute atomic E-state index is 0.500. The van der Waals surface area contributed by atoms with E-state index in [1.807, 2.05) is 54.6 Å². The van der Waals surface area contributed by atoms with Crippen LogP contribution >= 0.6 is 0 Å². The summed E-state index contributed by atoms with van der Waals surface area (Å²) in [5, 5.41) is 1.02. The van der Waals surface area contributed by atoms with Crippen molar-refractivity contribution in [2.24, 2.45) is 0 Å². The fourth-order valence-corrected chi connectivity index (χ4v) is 3.96. The molecule has 0 atom stereocenters. The van der Waals surface area contributed by atoms with Gasteiger partial charge in [0.1, 0.15) is 0 Å². The number of aromatic nitrogens is 4. The van der Waals surface area contributed by atoms with E-state index in [0.29, 0.717) is 11.8 Å². The van der Waals surface area contributed by atoms with Crippen molar-refractivity contribution >= 4 is 10.9 Å². The van der Waals surface area contributed by atoms with Gasteiger partial charge in [0, 0.05) is 46.9 Å². The second kappa shape index (κ2) is 8.43. The monoisotopic (exact) mass is 420 g/mol. The maximum atomic E-state index is 5.65. The number of nitrogens with zero attached hydrogens (tertiary/aromatic N) is 4. The average molecular weight is 420 g/mol. The van der Waals surface area contributed by atoms with E-state index >= 15 is 0 Å². The van der Waals surface area contributed by atoms with Gasteiger partial charge in [0.2, 0.25) is 11.8 Å². The first kappa shape index (κ1) is 19.6. The zero-order valence-electron chi connectivity index (χ0n) is 17.7. The molecule has 0 radical (unpaired) electrons. The van der Waals surface area contributed by atoms with Gasteiger partial charge in [-0.05, 0) is 48.0 Å². The van der Waals surface area contributed by atoms with E-state index in [0.717, 1.165) is 44.4 Å². The van der Waals surface area contributed by atoms with Gasteiger partial charge in [-0.1, -0.05) is 18.2 Å². The molecule has 0 aliphatic heterocycles. The quantitative estimate of drug-likeness (QED) is 0.377. The molecule has 32 heavy (non-hydrogen) atoms. The van der Waals surface area contributed by atoms with E-state index in [9.17, 15) is 0 Å². The average Bonchev–Trinajstić information content (AvgIpc) is 2.88. The maximum Gasteiger partial charge on any atom is 0.222 e. The molecule has 156 valence electrons. The predicted molar refractivity (Wildman–Crippen MR) is 125 cm³/mol. The number of fused-ring (bicyclic) bond motifs is 1. The number of pyridine rings is 4. The second-order valence-corrected chi connectivity index (χ2v) is 7.08. The lowest BCUT2D eigenvalue weighted by atomic mass is 9.89. The van der Waals surface area contributed by atoms with Crippen LogP contribution in [0.15, 0.2) is 85.5 Å². The molecule has 6 nitrogen and oxygen atoms in total. The lowest BCUT2D eigenvalue weighted by Crippen LogP contribution is -2.01. The molecular formula is C26H20N4O2. The highest BCUT2D eigenvalue weighted by molar-refractivity contribution is 6.07. The minimum atomic E-state index is 0.500. The number of ether oxygens (including phenoxy) is 2. The van der Waals surface area contributed by atoms with Crippen molar-refractivity contribution in [2.75, 3.05) is 14.2 Å². The Morgan fingerprint density at radius 1 is 0.625 bits per heavy atom. The molecule has 0 spiro atoms. The summed E-state index contributed by atoms with van der Waals surface area (Å²) in [6.07, 6.45) is 7.00. The first-order valence-electron chi connectivity index (χ1n) is 10.1. The number of rotatable bonds is 5. The van der Waals surface area contributed by atoms with Crippen LogP contribution in [0.1, 0.15) is 0 Å². The summed E-state index contributed by atoms with van der Waals surface area (Å²) >= 11 is 0. The number of hydrogen-bond donors (Lipinski definition) is 0. The number of para-hydroxylation sites is 1. The zero-order valence-corrected chi connectivity index (χ0v) is 17.7. The molecule has 6 heteroatoms. The second-order valence-electron chi connectivity index (χ2n) is 7.08. The van der Waals surface area contributed by atoms with Crippen molar-refractivity contribution in [2.45, 2.75) is 0 Å². The largest absolute Gasteiger partial charge is 0.481 e. The zero-order chi connectivity index (χ0) is 21.9. The highest BCUT2D eigenvalue weighted by Crippen LogP contribution is 2.46. The Labute approximate surface area is 185 Å². The first-order valence-corrected chi connectivity index (χ1v) is 10.1. The summed E-state index contributed by atoms with van der Waals surface area (Å²) in [6.45, 7) is 0. The summed E-state index contributed by atoms with van der Waals surface area (Å²) in [5.41, 5.74) is 6.16. The molecule has 0 fully saturated rings. The molecule has 0 bridgehead atoms. The molecule has 4 aromatic heterocycles. The molecule has 0 N–H and O–H groups in total. The topological polar surface area (TPSA) is 70.0 Å². The molecule has 0 saturated carbocycles. The van der Waals surface area contributed by atoms with Crippen LogP contribution in [0.3, 0.4) is 0 Å². The highest BCUT2D eigenvalue weighted by Gasteiger charge is 2.24. The van der Waals surface area contributed by atoms with Crippen molar-refractivity contribution in [3.05, 3.63) is 85.5 Å². The highest BCUT2D eigenvalue weighted by atomic mass is 16.5. The van der Waals surface area contributed by atoms with Gasteiger partial charge in [-0.3, -0.25) is 4.98 Å². The van der Waals surface area contributed by atoms with E-state index < -0.39 is 0 Å². The van der Waals surface area contributed by atoms with Gasteiger partial charge in [0.25, 0.3) is 0 Å². The Hall–Kier alpha value is -4.32. The van der Waals surface area contributed by atoms with E-state index in [4.69, 9.17) is 14.5 Å². The third-order valence-corrected chi connectivity index (χ3v) is 5.31. The summed E-state index contributed by atoms with van der Waals surface area (Å²) in [7, 11) is 3.23. The molecule has 0 aliphatic rings. The Morgan fingerprint density at radius 3 is 2.00 bits per heavy atom. The SMILES string of the molecule is COc1ncccc1-c1nc2ccccc2c(-c2ccncc2)c1-c1cccnc1OC. The van der Waals surface area contributed by atoms with E-state index in [1.54, 1.807) is 39.0 Å². The smallest absolute Gasteiger partial charge is 0.222 e. The third-order valence-electron chi connectivity index (χ3n) is 5.31. The maximum absolute atomic E-state index is 5.65. The van der Waals surface area contributed by atoms with Gasteiger partial charge < -0.3 is 9.47 Å². The molecule has 5 rings (SSSR count). The minimum Gasteiger partial charge on any atom is -0.481 e. The predicted octanol–water partition coefficient (Wildman–Crippen LogP) is 5.44. The summed E-state index contributed by atoms with van der Waals surface area (Å²) in [4.78, 5) is 18.2. The fraction of sp³-hybridized carbons (Fsp3) is 0.0769. The Bertz CT molecular complexity index is 1400. The van der Waals surface area contributed by atoms with Gasteiger partial charge >= 0.3 is 0 Å². The molecule has 0 amide bonds. The van der Waals surface area contributed by atoms with Crippen molar-refractivity contribution in [3.8, 4) is 45.3 Å². The van der Waals surface area contributed by atoms with Gasteiger partial charge in [0.05, 0.1) is 31.0 Å². The number of benzene rings is 1. The van der Waals surface area contributed by atoms with Crippen LogP contribution in [0.5, 0.6) is 11.8 Å². The Morgan fingerprint density at radius 2 is 1.28 bits per heavy atom. The van der Waals surface area contributed by atoms with Crippen LogP contribution in [-0.2, 0) is 0 Å². The van der Waals surface area contributed by atoms with E-state index in [-0.39, 0.29) is 0 Å². The van der Waals surface area contributed by atoms with Crippen molar-refractivity contribution in [3.63, 3.8) is 0 Å². The molecule has 0 aliphatic carbocycles. The van der Waals surface area contributed by atoms with Crippen LogP contribution in [0.2, 0.25) is 0 Å². The summed E-state index contributed by atoms with van der Waals surface area (Å²) in [5.74, 6) is 1.02. The van der Waals surface area contributed by atoms with Crippen molar-refractivity contribution in [1.82, 2.24) is 19.9 Å². The normalized spacial score (nSPS) is 10.8. The lowest BCUT2D eigenvalue weighted by molar-refractivity contribution is 0.399. The standard InChI is InChI=1S/C26H20N4O2/c1-31-25-19(8-5-13-28-25)23-22(17-11-15-27-16-12-17)18-7-3-4-10-21(18)30-24(23)20-9-6-14-29-26(20)32-2/h3-16H,1-2H3. The summed E-state index contributed by atoms with van der Waals surface area (Å²) < 4.78 is 11.2. The van der Waals surface area contributed by atoms with E-state index in [1.165, 1.54) is 0 Å². The van der Waals surface area contributed by atoms with Crippen LogP contribution in [-0.4, -0.2) is 34.2 Å². The van der Waals surface area contributed by atoms with Crippen molar-refractivity contribution in [1.29, 1.82) is 0 Å². The van der Waals surface area contributed by atoms with Crippen LogP contribution in [0.4, 0.5) is 0 Å². The van der Waals surface area contributed by atoms with Crippen LogP contribution < -0.4 is 9.47 Å². The van der Waals surface area contributed by atoms with Gasteiger partial charge in [-0.25, -0.2) is 15.0 Å². The summed E-state index contributed by atoms with van der Waals surface area (Å²) in [6, 6.07) is 19.8. The van der Waals surface area contributed by atoms with Gasteiger partial charge in [0.15, 0.2) is 0 Å². The third kappa shape index (κ3) is 3.32. The lowest BCUT2D eigenvalue weighted by Gasteiger charge is -2.20. The molecule has 0 saturated heterocycles. The number of methoxy groups -OCH3 is 2.